The molecule has 1 rings (SSSR count). The summed E-state index contributed by atoms with van der Waals surface area (Å²) in [5.74, 6) is 0. The number of hydrogen-bond acceptors (Lipinski definition) is 4. The average Bonchev–Trinajstić information content (AvgIpc) is 2.47. The first-order valence-electron chi connectivity index (χ1n) is 4.07. The second-order valence-electron chi connectivity index (χ2n) is 3.03. The molecule has 1 heterocycles. The van der Waals surface area contributed by atoms with E-state index in [1.165, 1.54) is 0 Å². The van der Waals surface area contributed by atoms with E-state index >= 15 is 0 Å². The Morgan fingerprint density at radius 3 is 2.46 bits per heavy atom. The summed E-state index contributed by atoms with van der Waals surface area (Å²) < 4.78 is 0. The van der Waals surface area contributed by atoms with Crippen molar-refractivity contribution in [3.05, 3.63) is 16.1 Å². The highest BCUT2D eigenvalue weighted by Gasteiger charge is 2.01. The summed E-state index contributed by atoms with van der Waals surface area (Å²) in [4.78, 5) is 4.31. The molecule has 0 unspecified atom stereocenters. The number of aryl methyl sites for hydroxylation is 1. The van der Waals surface area contributed by atoms with Crippen LogP contribution in [0.3, 0.4) is 0 Å². The van der Waals surface area contributed by atoms with Gasteiger partial charge in [-0.05, 0) is 27.7 Å². The van der Waals surface area contributed by atoms with E-state index in [2.05, 4.69) is 15.2 Å². The van der Waals surface area contributed by atoms with Crippen LogP contribution in [0.1, 0.15) is 31.5 Å². The first kappa shape index (κ1) is 10.1. The number of rotatable bonds is 2. The Hall–Kier alpha value is -1.03. The molecule has 0 N–H and O–H groups in total. The van der Waals surface area contributed by atoms with Crippen LogP contribution in [0.25, 0.3) is 0 Å². The molecule has 0 saturated heterocycles. The topological polar surface area (TPSA) is 37.6 Å². The third kappa shape index (κ3) is 3.06. The lowest BCUT2D eigenvalue weighted by molar-refractivity contribution is 1.19. The molecule has 1 aromatic rings. The zero-order valence-corrected chi connectivity index (χ0v) is 9.14. The Labute approximate surface area is 82.2 Å². The van der Waals surface area contributed by atoms with Crippen molar-refractivity contribution in [3.8, 4) is 0 Å². The van der Waals surface area contributed by atoms with Gasteiger partial charge in [0.1, 0.15) is 5.01 Å². The molecule has 4 heteroatoms. The molecule has 0 saturated carbocycles. The van der Waals surface area contributed by atoms with Gasteiger partial charge in [0.15, 0.2) is 0 Å². The number of aromatic nitrogens is 1. The van der Waals surface area contributed by atoms with E-state index in [1.807, 2.05) is 33.1 Å². The van der Waals surface area contributed by atoms with Crippen molar-refractivity contribution in [2.24, 2.45) is 10.2 Å². The molecule has 0 bridgehead atoms. The fourth-order valence-electron chi connectivity index (χ4n) is 0.738. The average molecular weight is 195 g/mol. The first-order valence-corrected chi connectivity index (χ1v) is 4.95. The Morgan fingerprint density at radius 1 is 1.31 bits per heavy atom. The molecule has 1 aromatic heterocycles. The van der Waals surface area contributed by atoms with Crippen LogP contribution in [0.2, 0.25) is 0 Å². The van der Waals surface area contributed by atoms with Gasteiger partial charge < -0.3 is 0 Å². The predicted octanol–water partition coefficient (Wildman–Crippen LogP) is 2.66. The first-order chi connectivity index (χ1) is 6.09. The highest BCUT2D eigenvalue weighted by atomic mass is 32.1. The molecule has 0 aliphatic rings. The lowest BCUT2D eigenvalue weighted by Gasteiger charge is -1.90. The zero-order chi connectivity index (χ0) is 9.84. The van der Waals surface area contributed by atoms with E-state index in [0.717, 1.165) is 22.1 Å². The van der Waals surface area contributed by atoms with Crippen LogP contribution in [-0.4, -0.2) is 16.4 Å². The minimum absolute atomic E-state index is 0.874. The second-order valence-corrected chi connectivity index (χ2v) is 3.88. The minimum atomic E-state index is 0.874. The van der Waals surface area contributed by atoms with Gasteiger partial charge in [0.2, 0.25) is 0 Å². The summed E-state index contributed by atoms with van der Waals surface area (Å²) >= 11 is 1.60. The van der Waals surface area contributed by atoms with Crippen molar-refractivity contribution >= 4 is 22.8 Å². The lowest BCUT2D eigenvalue weighted by Crippen LogP contribution is -1.93. The van der Waals surface area contributed by atoms with E-state index in [-0.39, 0.29) is 0 Å². The van der Waals surface area contributed by atoms with Gasteiger partial charge in [-0.1, -0.05) is 0 Å². The third-order valence-corrected chi connectivity index (χ3v) is 2.40. The molecule has 0 aliphatic carbocycles. The van der Waals surface area contributed by atoms with Crippen molar-refractivity contribution in [3.63, 3.8) is 0 Å². The third-order valence-electron chi connectivity index (χ3n) is 1.33. The Balaban J connectivity index is 2.85. The van der Waals surface area contributed by atoms with Crippen LogP contribution < -0.4 is 0 Å². The number of hydrogen-bond donors (Lipinski definition) is 0. The number of thiazole rings is 1. The Bertz CT molecular complexity index is 345. The molecule has 0 aromatic carbocycles. The van der Waals surface area contributed by atoms with Gasteiger partial charge in [-0.2, -0.15) is 10.2 Å². The van der Waals surface area contributed by atoms with Crippen molar-refractivity contribution in [1.82, 2.24) is 4.98 Å². The molecule has 0 amide bonds. The summed E-state index contributed by atoms with van der Waals surface area (Å²) in [7, 11) is 0. The van der Waals surface area contributed by atoms with Crippen molar-refractivity contribution in [1.29, 1.82) is 0 Å². The van der Waals surface area contributed by atoms with E-state index in [4.69, 9.17) is 0 Å². The number of nitrogens with zero attached hydrogens (tertiary/aromatic N) is 3. The predicted molar refractivity (Wildman–Crippen MR) is 57.8 cm³/mol. The maximum Gasteiger partial charge on any atom is 0.139 e. The van der Waals surface area contributed by atoms with Crippen LogP contribution in [0, 0.1) is 6.92 Å². The van der Waals surface area contributed by atoms with E-state index in [9.17, 15) is 0 Å². The van der Waals surface area contributed by atoms with Gasteiger partial charge in [0, 0.05) is 16.8 Å². The summed E-state index contributed by atoms with van der Waals surface area (Å²) in [5, 5.41) is 11.0. The van der Waals surface area contributed by atoms with Gasteiger partial charge in [-0.15, -0.1) is 11.3 Å². The van der Waals surface area contributed by atoms with Crippen LogP contribution in [0.15, 0.2) is 15.6 Å². The lowest BCUT2D eigenvalue weighted by atomic mass is 10.4. The summed E-state index contributed by atoms with van der Waals surface area (Å²) in [5.41, 5.74) is 2.86. The molecular formula is C9H13N3S. The fourth-order valence-corrected chi connectivity index (χ4v) is 1.48. The molecular weight excluding hydrogens is 182 g/mol. The molecule has 13 heavy (non-hydrogen) atoms. The van der Waals surface area contributed by atoms with Crippen LogP contribution in [0.4, 0.5) is 0 Å². The van der Waals surface area contributed by atoms with Gasteiger partial charge in [0.25, 0.3) is 0 Å². The van der Waals surface area contributed by atoms with E-state index < -0.39 is 0 Å². The molecule has 3 nitrogen and oxygen atoms in total. The smallest absolute Gasteiger partial charge is 0.139 e. The van der Waals surface area contributed by atoms with E-state index in [0.29, 0.717) is 0 Å². The van der Waals surface area contributed by atoms with Gasteiger partial charge in [-0.3, -0.25) is 0 Å². The maximum absolute atomic E-state index is 4.31. The standard InChI is InChI=1S/C9H13N3S/c1-6(2)11-12-8(4)9-10-7(3)5-13-9/h5H,1-4H3/b12-8+. The quantitative estimate of drug-likeness (QED) is 0.528. The summed E-state index contributed by atoms with van der Waals surface area (Å²) in [6.07, 6.45) is 0. The molecule has 0 radical (unpaired) electrons. The minimum Gasteiger partial charge on any atom is -0.240 e. The van der Waals surface area contributed by atoms with Crippen molar-refractivity contribution in [2.75, 3.05) is 0 Å². The Morgan fingerprint density at radius 2 is 2.00 bits per heavy atom. The largest absolute Gasteiger partial charge is 0.240 e. The normalized spacial score (nSPS) is 11.5. The van der Waals surface area contributed by atoms with Crippen LogP contribution in [-0.2, 0) is 0 Å². The Kier molecular flexibility index (Phi) is 3.31. The maximum atomic E-state index is 4.31. The SMILES string of the molecule is CC(C)=N/N=C(\C)c1nc(C)cs1. The van der Waals surface area contributed by atoms with Crippen LogP contribution >= 0.6 is 11.3 Å². The van der Waals surface area contributed by atoms with Gasteiger partial charge >= 0.3 is 0 Å². The molecule has 0 aliphatic heterocycles. The summed E-state index contributed by atoms with van der Waals surface area (Å²) in [6, 6.07) is 0. The highest BCUT2D eigenvalue weighted by molar-refractivity contribution is 7.11. The summed E-state index contributed by atoms with van der Waals surface area (Å²) in [6.45, 7) is 7.74. The van der Waals surface area contributed by atoms with Crippen molar-refractivity contribution in [2.45, 2.75) is 27.7 Å². The molecule has 70 valence electrons. The molecule has 0 spiro atoms. The van der Waals surface area contributed by atoms with Gasteiger partial charge in [-0.25, -0.2) is 4.98 Å². The monoisotopic (exact) mass is 195 g/mol. The van der Waals surface area contributed by atoms with Crippen molar-refractivity contribution < 1.29 is 0 Å². The van der Waals surface area contributed by atoms with E-state index in [1.54, 1.807) is 11.3 Å². The van der Waals surface area contributed by atoms with Crippen LogP contribution in [0.5, 0.6) is 0 Å². The zero-order valence-electron chi connectivity index (χ0n) is 8.33. The molecule has 0 fully saturated rings. The fraction of sp³-hybridized carbons (Fsp3) is 0.444. The molecule has 0 atom stereocenters. The highest BCUT2D eigenvalue weighted by Crippen LogP contribution is 2.09. The second kappa shape index (κ2) is 4.28. The van der Waals surface area contributed by atoms with Gasteiger partial charge in [0.05, 0.1) is 5.71 Å².